The van der Waals surface area contributed by atoms with Crippen LogP contribution in [0.1, 0.15) is 10.5 Å². The molecule has 0 aliphatic heterocycles. The quantitative estimate of drug-likeness (QED) is 0.687. The van der Waals surface area contributed by atoms with Crippen LogP contribution in [0.3, 0.4) is 0 Å². The standard InChI is InChI=1S/C8H9NO4/c1-13-7(10)5-9-4-2-3-6(9)8(11)12/h2-4H,5H2,1H3,(H,11,12). The van der Waals surface area contributed by atoms with Gasteiger partial charge in [-0.15, -0.1) is 0 Å². The molecule has 1 N–H and O–H groups in total. The maximum Gasteiger partial charge on any atom is 0.352 e. The number of carboxylic acids is 1. The van der Waals surface area contributed by atoms with Gasteiger partial charge in [-0.25, -0.2) is 4.79 Å². The van der Waals surface area contributed by atoms with Crippen molar-refractivity contribution in [3.05, 3.63) is 24.0 Å². The molecule has 5 nitrogen and oxygen atoms in total. The van der Waals surface area contributed by atoms with Gasteiger partial charge < -0.3 is 14.4 Å². The maximum atomic E-state index is 10.8. The molecule has 0 amide bonds. The average molecular weight is 183 g/mol. The lowest BCUT2D eigenvalue weighted by atomic mass is 10.4. The van der Waals surface area contributed by atoms with Crippen molar-refractivity contribution in [3.63, 3.8) is 0 Å². The van der Waals surface area contributed by atoms with Gasteiger partial charge in [0, 0.05) is 6.20 Å². The largest absolute Gasteiger partial charge is 0.477 e. The van der Waals surface area contributed by atoms with Crippen LogP contribution in [0.25, 0.3) is 0 Å². The van der Waals surface area contributed by atoms with Crippen LogP contribution in [-0.2, 0) is 16.1 Å². The molecule has 1 aromatic rings. The zero-order valence-electron chi connectivity index (χ0n) is 7.06. The van der Waals surface area contributed by atoms with Crippen molar-refractivity contribution in [3.8, 4) is 0 Å². The van der Waals surface area contributed by atoms with Gasteiger partial charge in [-0.05, 0) is 12.1 Å². The number of aromatic nitrogens is 1. The van der Waals surface area contributed by atoms with E-state index in [0.717, 1.165) is 0 Å². The first kappa shape index (κ1) is 9.31. The van der Waals surface area contributed by atoms with Gasteiger partial charge in [0.2, 0.25) is 0 Å². The number of rotatable bonds is 3. The van der Waals surface area contributed by atoms with Crippen LogP contribution in [-0.4, -0.2) is 28.7 Å². The summed E-state index contributed by atoms with van der Waals surface area (Å²) in [5.41, 5.74) is 0.0744. The highest BCUT2D eigenvalue weighted by molar-refractivity contribution is 5.86. The lowest BCUT2D eigenvalue weighted by molar-refractivity contribution is -0.141. The van der Waals surface area contributed by atoms with E-state index in [-0.39, 0.29) is 12.2 Å². The summed E-state index contributed by atoms with van der Waals surface area (Å²) in [4.78, 5) is 21.4. The monoisotopic (exact) mass is 183 g/mol. The molecule has 0 saturated carbocycles. The lowest BCUT2D eigenvalue weighted by Gasteiger charge is -2.03. The first-order valence-corrected chi connectivity index (χ1v) is 3.60. The van der Waals surface area contributed by atoms with Crippen molar-refractivity contribution in [1.82, 2.24) is 4.57 Å². The minimum atomic E-state index is -1.06. The highest BCUT2D eigenvalue weighted by atomic mass is 16.5. The van der Waals surface area contributed by atoms with Crippen LogP contribution >= 0.6 is 0 Å². The summed E-state index contributed by atoms with van der Waals surface area (Å²) in [6, 6.07) is 2.98. The Morgan fingerprint density at radius 1 is 1.62 bits per heavy atom. The lowest BCUT2D eigenvalue weighted by Crippen LogP contribution is -2.15. The van der Waals surface area contributed by atoms with Gasteiger partial charge in [0.15, 0.2) is 0 Å². The Morgan fingerprint density at radius 2 is 2.31 bits per heavy atom. The summed E-state index contributed by atoms with van der Waals surface area (Å²) < 4.78 is 5.72. The van der Waals surface area contributed by atoms with Crippen LogP contribution in [0.4, 0.5) is 0 Å². The number of hydrogen-bond acceptors (Lipinski definition) is 3. The molecule has 70 valence electrons. The zero-order valence-corrected chi connectivity index (χ0v) is 7.06. The van der Waals surface area contributed by atoms with Crippen molar-refractivity contribution in [2.45, 2.75) is 6.54 Å². The van der Waals surface area contributed by atoms with E-state index in [1.807, 2.05) is 0 Å². The molecular weight excluding hydrogens is 174 g/mol. The van der Waals surface area contributed by atoms with Gasteiger partial charge >= 0.3 is 11.9 Å². The molecule has 0 fully saturated rings. The molecule has 0 spiro atoms. The molecule has 0 aromatic carbocycles. The first-order valence-electron chi connectivity index (χ1n) is 3.60. The van der Waals surface area contributed by atoms with E-state index in [0.29, 0.717) is 0 Å². The highest BCUT2D eigenvalue weighted by Crippen LogP contribution is 2.02. The fourth-order valence-electron chi connectivity index (χ4n) is 0.950. The SMILES string of the molecule is COC(=O)Cn1cccc1C(=O)O. The molecule has 5 heteroatoms. The molecule has 0 bridgehead atoms. The van der Waals surface area contributed by atoms with Crippen molar-refractivity contribution >= 4 is 11.9 Å². The zero-order chi connectivity index (χ0) is 9.84. The Bertz CT molecular complexity index is 329. The van der Waals surface area contributed by atoms with E-state index >= 15 is 0 Å². The van der Waals surface area contributed by atoms with E-state index in [1.54, 1.807) is 6.07 Å². The summed E-state index contributed by atoms with van der Waals surface area (Å²) >= 11 is 0. The smallest absolute Gasteiger partial charge is 0.352 e. The Balaban J connectivity index is 2.82. The number of carbonyl (C=O) groups is 2. The molecule has 1 rings (SSSR count). The number of carbonyl (C=O) groups excluding carboxylic acids is 1. The Hall–Kier alpha value is -1.78. The number of carboxylic acid groups (broad SMARTS) is 1. The molecule has 1 aromatic heterocycles. The van der Waals surface area contributed by atoms with E-state index < -0.39 is 11.9 Å². The second kappa shape index (κ2) is 3.75. The minimum Gasteiger partial charge on any atom is -0.477 e. The van der Waals surface area contributed by atoms with Gasteiger partial charge in [0.1, 0.15) is 12.2 Å². The van der Waals surface area contributed by atoms with Gasteiger partial charge in [0.25, 0.3) is 0 Å². The molecule has 0 atom stereocenters. The van der Waals surface area contributed by atoms with Crippen molar-refractivity contribution in [2.75, 3.05) is 7.11 Å². The second-order valence-electron chi connectivity index (χ2n) is 2.40. The van der Waals surface area contributed by atoms with Crippen LogP contribution in [0.5, 0.6) is 0 Å². The van der Waals surface area contributed by atoms with Crippen molar-refractivity contribution in [2.24, 2.45) is 0 Å². The summed E-state index contributed by atoms with van der Waals surface area (Å²) in [5.74, 6) is -1.53. The van der Waals surface area contributed by atoms with Gasteiger partial charge in [-0.1, -0.05) is 0 Å². The second-order valence-corrected chi connectivity index (χ2v) is 2.40. The van der Waals surface area contributed by atoms with Gasteiger partial charge in [-0.3, -0.25) is 4.79 Å². The Morgan fingerprint density at radius 3 is 2.85 bits per heavy atom. The molecule has 0 saturated heterocycles. The third-order valence-electron chi connectivity index (χ3n) is 1.58. The molecular formula is C8H9NO4. The van der Waals surface area contributed by atoms with Crippen molar-refractivity contribution < 1.29 is 19.4 Å². The average Bonchev–Trinajstić information content (AvgIpc) is 2.52. The number of hydrogen-bond donors (Lipinski definition) is 1. The first-order chi connectivity index (χ1) is 6.15. The van der Waals surface area contributed by atoms with E-state index in [2.05, 4.69) is 4.74 Å². The number of ether oxygens (including phenoxy) is 1. The topological polar surface area (TPSA) is 68.5 Å². The Kier molecular flexibility index (Phi) is 2.69. The predicted molar refractivity (Wildman–Crippen MR) is 43.4 cm³/mol. The number of methoxy groups -OCH3 is 1. The van der Waals surface area contributed by atoms with Crippen LogP contribution in [0.2, 0.25) is 0 Å². The fourth-order valence-corrected chi connectivity index (χ4v) is 0.950. The number of nitrogens with zero attached hydrogens (tertiary/aromatic N) is 1. The third kappa shape index (κ3) is 2.08. The van der Waals surface area contributed by atoms with Crippen molar-refractivity contribution in [1.29, 1.82) is 0 Å². The Labute approximate surface area is 74.5 Å². The van der Waals surface area contributed by atoms with Crippen LogP contribution in [0.15, 0.2) is 18.3 Å². The molecule has 13 heavy (non-hydrogen) atoms. The highest BCUT2D eigenvalue weighted by Gasteiger charge is 2.10. The summed E-state index contributed by atoms with van der Waals surface area (Å²) in [5, 5.41) is 8.67. The molecule has 0 radical (unpaired) electrons. The molecule has 0 aliphatic rings. The van der Waals surface area contributed by atoms with E-state index in [9.17, 15) is 9.59 Å². The van der Waals surface area contributed by atoms with E-state index in [1.165, 1.54) is 23.9 Å². The van der Waals surface area contributed by atoms with E-state index in [4.69, 9.17) is 5.11 Å². The maximum absolute atomic E-state index is 10.8. The summed E-state index contributed by atoms with van der Waals surface area (Å²) in [7, 11) is 1.26. The molecule has 1 heterocycles. The third-order valence-corrected chi connectivity index (χ3v) is 1.58. The van der Waals surface area contributed by atoms with Crippen LogP contribution in [0, 0.1) is 0 Å². The van der Waals surface area contributed by atoms with Gasteiger partial charge in [-0.2, -0.15) is 0 Å². The number of esters is 1. The molecule has 0 unspecified atom stereocenters. The minimum absolute atomic E-state index is 0.0744. The summed E-state index contributed by atoms with van der Waals surface area (Å²) in [6.07, 6.45) is 1.51. The van der Waals surface area contributed by atoms with Crippen LogP contribution < -0.4 is 0 Å². The van der Waals surface area contributed by atoms with Gasteiger partial charge in [0.05, 0.1) is 7.11 Å². The fraction of sp³-hybridized carbons (Fsp3) is 0.250. The predicted octanol–water partition coefficient (Wildman–Crippen LogP) is 0.359. The molecule has 0 aliphatic carbocycles. The normalized spacial score (nSPS) is 9.62. The summed E-state index contributed by atoms with van der Waals surface area (Å²) in [6.45, 7) is -0.0782. The number of aromatic carboxylic acids is 1.